The summed E-state index contributed by atoms with van der Waals surface area (Å²) in [6.07, 6.45) is 4.31. The van der Waals surface area contributed by atoms with Crippen LogP contribution < -0.4 is 5.32 Å². The number of carbonyl (C=O) groups excluding carboxylic acids is 1. The van der Waals surface area contributed by atoms with Crippen molar-refractivity contribution < 1.29 is 19.4 Å². The van der Waals surface area contributed by atoms with Crippen molar-refractivity contribution in [1.82, 2.24) is 14.9 Å². The maximum atomic E-state index is 12.3. The lowest BCUT2D eigenvalue weighted by Crippen LogP contribution is -2.44. The average molecular weight is 469 g/mol. The molecule has 0 spiro atoms. The smallest absolute Gasteiger partial charge is 0.410 e. The summed E-state index contributed by atoms with van der Waals surface area (Å²) in [7, 11) is 0. The van der Waals surface area contributed by atoms with Gasteiger partial charge in [0, 0.05) is 53.0 Å². The number of aryl methyl sites for hydroxylation is 1. The summed E-state index contributed by atoms with van der Waals surface area (Å²) in [5, 5.41) is 14.0. The van der Waals surface area contributed by atoms with E-state index < -0.39 is 11.6 Å². The van der Waals surface area contributed by atoms with Crippen LogP contribution in [0, 0.1) is 6.92 Å². The van der Waals surface area contributed by atoms with Crippen molar-refractivity contribution in [2.45, 2.75) is 52.2 Å². The highest BCUT2D eigenvalue weighted by Gasteiger charge is 2.28. The first-order chi connectivity index (χ1) is 15.6. The second-order valence-electron chi connectivity index (χ2n) is 9.26. The largest absolute Gasteiger partial charge is 0.478 e. The van der Waals surface area contributed by atoms with Crippen LogP contribution in [0.25, 0.3) is 20.7 Å². The number of nitrogens with zero attached hydrogens (tertiary/aromatic N) is 3. The maximum absolute atomic E-state index is 12.3. The summed E-state index contributed by atoms with van der Waals surface area (Å²) in [5.74, 6) is -1.03. The number of likely N-dealkylation sites (tertiary alicyclic amines) is 1. The number of pyridine rings is 2. The predicted molar refractivity (Wildman–Crippen MR) is 129 cm³/mol. The van der Waals surface area contributed by atoms with Gasteiger partial charge in [-0.25, -0.2) is 14.6 Å². The average Bonchev–Trinajstić information content (AvgIpc) is 3.18. The molecule has 0 saturated carbocycles. The Morgan fingerprint density at radius 1 is 1.18 bits per heavy atom. The van der Waals surface area contributed by atoms with E-state index in [4.69, 9.17) is 4.74 Å². The van der Waals surface area contributed by atoms with Gasteiger partial charge in [-0.3, -0.25) is 4.98 Å². The summed E-state index contributed by atoms with van der Waals surface area (Å²) in [4.78, 5) is 36.5. The summed E-state index contributed by atoms with van der Waals surface area (Å²) >= 11 is 1.51. The summed E-state index contributed by atoms with van der Waals surface area (Å²) in [5.41, 5.74) is 2.09. The molecule has 0 aliphatic carbocycles. The number of amides is 1. The van der Waals surface area contributed by atoms with E-state index in [1.54, 1.807) is 4.90 Å². The maximum Gasteiger partial charge on any atom is 0.410 e. The van der Waals surface area contributed by atoms with Gasteiger partial charge in [-0.15, -0.1) is 11.3 Å². The predicted octanol–water partition coefficient (Wildman–Crippen LogP) is 5.18. The van der Waals surface area contributed by atoms with Gasteiger partial charge < -0.3 is 20.1 Å². The van der Waals surface area contributed by atoms with E-state index in [2.05, 4.69) is 15.3 Å². The van der Waals surface area contributed by atoms with Crippen LogP contribution >= 0.6 is 11.3 Å². The number of carbonyl (C=O) groups is 2. The Balaban J connectivity index is 1.56. The molecular weight excluding hydrogens is 440 g/mol. The normalized spacial score (nSPS) is 15.0. The van der Waals surface area contributed by atoms with E-state index in [0.29, 0.717) is 31.6 Å². The van der Waals surface area contributed by atoms with Crippen LogP contribution in [0.15, 0.2) is 30.6 Å². The SMILES string of the molecule is Cc1ccc(-c2cc3c(NC4CCN(C(=O)OC(C)(C)C)CC4)c(C(=O)O)cnc3s2)cn1. The molecule has 0 bridgehead atoms. The van der Waals surface area contributed by atoms with Gasteiger partial charge in [-0.2, -0.15) is 0 Å². The standard InChI is InChI=1S/C24H28N4O4S/c1-14-5-6-15(12-25-14)19-11-17-20(18(22(29)30)13-26-21(17)33-19)27-16-7-9-28(10-8-16)23(31)32-24(2,3)4/h5-6,11-13,16H,7-10H2,1-4H3,(H,26,27)(H,29,30). The van der Waals surface area contributed by atoms with E-state index in [1.165, 1.54) is 17.5 Å². The third kappa shape index (κ3) is 5.24. The highest BCUT2D eigenvalue weighted by atomic mass is 32.1. The van der Waals surface area contributed by atoms with E-state index in [0.717, 1.165) is 26.4 Å². The fraction of sp³-hybridized carbons (Fsp3) is 0.417. The molecule has 1 aliphatic heterocycles. The minimum atomic E-state index is -1.03. The number of piperidine rings is 1. The zero-order valence-corrected chi connectivity index (χ0v) is 20.0. The minimum absolute atomic E-state index is 0.0387. The molecule has 0 unspecified atom stereocenters. The van der Waals surface area contributed by atoms with Gasteiger partial charge in [-0.1, -0.05) is 6.07 Å². The molecule has 3 aromatic heterocycles. The molecular formula is C24H28N4O4S. The fourth-order valence-electron chi connectivity index (χ4n) is 3.80. The highest BCUT2D eigenvalue weighted by Crippen LogP contribution is 2.38. The van der Waals surface area contributed by atoms with Crippen molar-refractivity contribution in [3.8, 4) is 10.4 Å². The Labute approximate surface area is 196 Å². The molecule has 33 heavy (non-hydrogen) atoms. The molecule has 0 radical (unpaired) electrons. The zero-order chi connectivity index (χ0) is 23.8. The van der Waals surface area contributed by atoms with Crippen molar-refractivity contribution in [3.63, 3.8) is 0 Å². The molecule has 1 fully saturated rings. The summed E-state index contributed by atoms with van der Waals surface area (Å²) in [6.45, 7) is 8.58. The number of nitrogens with one attached hydrogen (secondary N) is 1. The van der Waals surface area contributed by atoms with Crippen LogP contribution in [-0.2, 0) is 4.74 Å². The third-order valence-corrected chi connectivity index (χ3v) is 6.58. The summed E-state index contributed by atoms with van der Waals surface area (Å²) < 4.78 is 5.47. The van der Waals surface area contributed by atoms with Gasteiger partial charge >= 0.3 is 12.1 Å². The molecule has 4 heterocycles. The summed E-state index contributed by atoms with van der Waals surface area (Å²) in [6, 6.07) is 5.97. The first kappa shape index (κ1) is 23.0. The molecule has 1 aliphatic rings. The van der Waals surface area contributed by atoms with Crippen molar-refractivity contribution >= 4 is 39.3 Å². The van der Waals surface area contributed by atoms with Crippen LogP contribution in [0.5, 0.6) is 0 Å². The Hall–Kier alpha value is -3.20. The Bertz CT molecular complexity index is 1180. The lowest BCUT2D eigenvalue weighted by atomic mass is 10.0. The van der Waals surface area contributed by atoms with Crippen molar-refractivity contribution in [2.24, 2.45) is 0 Å². The molecule has 174 valence electrons. The number of hydrogen-bond donors (Lipinski definition) is 2. The lowest BCUT2D eigenvalue weighted by Gasteiger charge is -2.34. The lowest BCUT2D eigenvalue weighted by molar-refractivity contribution is 0.0210. The number of carboxylic acid groups (broad SMARTS) is 1. The van der Waals surface area contributed by atoms with Gasteiger partial charge in [0.2, 0.25) is 0 Å². The van der Waals surface area contributed by atoms with E-state index in [9.17, 15) is 14.7 Å². The van der Waals surface area contributed by atoms with Crippen LogP contribution in [0.2, 0.25) is 0 Å². The molecule has 1 saturated heterocycles. The Morgan fingerprint density at radius 2 is 1.91 bits per heavy atom. The molecule has 1 amide bonds. The highest BCUT2D eigenvalue weighted by molar-refractivity contribution is 7.21. The number of anilines is 1. The second-order valence-corrected chi connectivity index (χ2v) is 10.3. The first-order valence-electron chi connectivity index (χ1n) is 10.9. The number of fused-ring (bicyclic) bond motifs is 1. The Kier molecular flexibility index (Phi) is 6.25. The quantitative estimate of drug-likeness (QED) is 0.544. The van der Waals surface area contributed by atoms with Crippen molar-refractivity contribution in [2.75, 3.05) is 18.4 Å². The van der Waals surface area contributed by atoms with Crippen LogP contribution in [0.1, 0.15) is 49.7 Å². The van der Waals surface area contributed by atoms with Gasteiger partial charge in [0.05, 0.1) is 5.69 Å². The van der Waals surface area contributed by atoms with E-state index in [-0.39, 0.29) is 17.7 Å². The molecule has 8 nitrogen and oxygen atoms in total. The number of carboxylic acids is 1. The molecule has 3 aromatic rings. The monoisotopic (exact) mass is 468 g/mol. The number of hydrogen-bond acceptors (Lipinski definition) is 7. The zero-order valence-electron chi connectivity index (χ0n) is 19.2. The van der Waals surface area contributed by atoms with Gasteiger partial charge in [0.15, 0.2) is 0 Å². The van der Waals surface area contributed by atoms with Crippen LogP contribution in [0.3, 0.4) is 0 Å². The minimum Gasteiger partial charge on any atom is -0.478 e. The number of aromatic nitrogens is 2. The third-order valence-electron chi connectivity index (χ3n) is 5.48. The topological polar surface area (TPSA) is 105 Å². The van der Waals surface area contributed by atoms with Crippen LogP contribution in [-0.4, -0.2) is 56.8 Å². The van der Waals surface area contributed by atoms with Crippen molar-refractivity contribution in [1.29, 1.82) is 0 Å². The van der Waals surface area contributed by atoms with Gasteiger partial charge in [-0.05, 0) is 52.7 Å². The molecule has 4 rings (SSSR count). The molecule has 0 aromatic carbocycles. The number of thiophene rings is 1. The van der Waals surface area contributed by atoms with Crippen molar-refractivity contribution in [3.05, 3.63) is 41.9 Å². The first-order valence-corrected chi connectivity index (χ1v) is 11.8. The van der Waals surface area contributed by atoms with E-state index in [1.807, 2.05) is 52.1 Å². The second kappa shape index (κ2) is 8.97. The number of aromatic carboxylic acids is 1. The number of ether oxygens (including phenoxy) is 1. The molecule has 2 N–H and O–H groups in total. The van der Waals surface area contributed by atoms with Crippen LogP contribution in [0.4, 0.5) is 10.5 Å². The van der Waals surface area contributed by atoms with Gasteiger partial charge in [0.25, 0.3) is 0 Å². The Morgan fingerprint density at radius 3 is 2.52 bits per heavy atom. The van der Waals surface area contributed by atoms with E-state index >= 15 is 0 Å². The fourth-order valence-corrected chi connectivity index (χ4v) is 4.80. The molecule has 9 heteroatoms. The molecule has 0 atom stereocenters. The number of rotatable bonds is 4. The van der Waals surface area contributed by atoms with Gasteiger partial charge in [0.1, 0.15) is 16.0 Å².